The minimum atomic E-state index is -3.38. The van der Waals surface area contributed by atoms with Crippen LogP contribution in [0.2, 0.25) is 0 Å². The summed E-state index contributed by atoms with van der Waals surface area (Å²) in [5.41, 5.74) is 1.39. The van der Waals surface area contributed by atoms with Gasteiger partial charge < -0.3 is 9.80 Å². The van der Waals surface area contributed by atoms with Crippen LogP contribution >= 0.6 is 0 Å². The molecule has 1 saturated heterocycles. The van der Waals surface area contributed by atoms with Gasteiger partial charge in [-0.2, -0.15) is 0 Å². The molecule has 0 aromatic heterocycles. The van der Waals surface area contributed by atoms with Gasteiger partial charge in [0.2, 0.25) is 5.91 Å². The van der Waals surface area contributed by atoms with Crippen LogP contribution in [0.1, 0.15) is 41.7 Å². The monoisotopic (exact) mass is 375 g/mol. The number of anilines is 1. The highest BCUT2D eigenvalue weighted by Crippen LogP contribution is 2.26. The van der Waals surface area contributed by atoms with E-state index < -0.39 is 37.4 Å². The van der Waals surface area contributed by atoms with Gasteiger partial charge in [0.15, 0.2) is 0 Å². The van der Waals surface area contributed by atoms with E-state index in [-0.39, 0.29) is 5.69 Å². The Morgan fingerprint density at radius 3 is 2.48 bits per heavy atom. The highest BCUT2D eigenvalue weighted by atomic mass is 19.1. The first-order valence-electron chi connectivity index (χ1n) is 12.7. The highest BCUT2D eigenvalue weighted by Gasteiger charge is 2.30. The summed E-state index contributed by atoms with van der Waals surface area (Å²) >= 11 is 0. The van der Waals surface area contributed by atoms with Crippen molar-refractivity contribution in [2.24, 2.45) is 5.89 Å². The molecule has 0 aliphatic carbocycles. The lowest BCUT2D eigenvalue weighted by atomic mass is 9.99. The molecule has 1 aliphatic rings. The molecule has 2 aromatic rings. The lowest BCUT2D eigenvalue weighted by Crippen LogP contribution is -2.49. The number of halogens is 1. The van der Waals surface area contributed by atoms with E-state index in [1.165, 1.54) is 17.7 Å². The number of piperidine rings is 1. The quantitative estimate of drug-likeness (QED) is 0.741. The normalized spacial score (nSPS) is 21.0. The number of nitrogens with zero attached hydrogens (tertiary/aromatic N) is 2. The predicted octanol–water partition coefficient (Wildman–Crippen LogP) is 4.52. The topological polar surface area (TPSA) is 23.6 Å². The number of carbonyl (C=O) groups excluding carboxylic acids is 1. The third-order valence-electron chi connectivity index (χ3n) is 5.02. The van der Waals surface area contributed by atoms with Gasteiger partial charge in [0.05, 0.1) is 0 Å². The van der Waals surface area contributed by atoms with Crippen LogP contribution in [0.5, 0.6) is 0 Å². The summed E-state index contributed by atoms with van der Waals surface area (Å²) < 4.78 is 68.2. The van der Waals surface area contributed by atoms with Crippen molar-refractivity contribution >= 4 is 11.6 Å². The summed E-state index contributed by atoms with van der Waals surface area (Å²) in [6, 6.07) is 14.4. The van der Waals surface area contributed by atoms with Crippen LogP contribution in [0.4, 0.5) is 10.1 Å². The van der Waals surface area contributed by atoms with Crippen LogP contribution in [0.15, 0.2) is 54.6 Å². The molecule has 4 heteroatoms. The molecule has 3 rings (SSSR count). The summed E-state index contributed by atoms with van der Waals surface area (Å²) in [5.74, 6) is -5.21. The van der Waals surface area contributed by atoms with E-state index in [0.717, 1.165) is 30.0 Å². The van der Waals surface area contributed by atoms with Gasteiger partial charge in [-0.3, -0.25) is 4.79 Å². The Morgan fingerprint density at radius 1 is 1.19 bits per heavy atom. The fraction of sp³-hybridized carbons (Fsp3) is 0.435. The summed E-state index contributed by atoms with van der Waals surface area (Å²) in [5, 5.41) is 0. The van der Waals surface area contributed by atoms with E-state index in [1.807, 2.05) is 18.2 Å². The molecule has 0 spiro atoms. The first-order chi connectivity index (χ1) is 15.8. The summed E-state index contributed by atoms with van der Waals surface area (Å²) in [6.45, 7) is -4.72. The van der Waals surface area contributed by atoms with Crippen molar-refractivity contribution in [2.75, 3.05) is 24.5 Å². The molecule has 0 bridgehead atoms. The molecule has 144 valence electrons. The second kappa shape index (κ2) is 9.14. The van der Waals surface area contributed by atoms with E-state index >= 15 is 0 Å². The molecular weight excluding hydrogens is 339 g/mol. The van der Waals surface area contributed by atoms with Crippen molar-refractivity contribution in [2.45, 2.75) is 39.0 Å². The van der Waals surface area contributed by atoms with Gasteiger partial charge in [-0.05, 0) is 49.1 Å². The molecule has 0 atom stereocenters. The van der Waals surface area contributed by atoms with Crippen molar-refractivity contribution in [1.29, 1.82) is 0 Å². The van der Waals surface area contributed by atoms with Crippen molar-refractivity contribution in [1.82, 2.24) is 4.90 Å². The first kappa shape index (κ1) is 12.3. The number of rotatable bonds is 6. The van der Waals surface area contributed by atoms with E-state index in [2.05, 4.69) is 17.0 Å². The standard InChI is InChI=1S/C23H29FN2O/c1-18(2)23(27)26(21-10-8-20(24)9-11-21)22-13-16-25(17-14-22)15-12-19-6-4-3-5-7-19/h3-11,18,22H,12-17H2,1-2H3/i1D3,2D3,18D. The lowest BCUT2D eigenvalue weighted by Gasteiger charge is -2.39. The average Bonchev–Trinajstić information content (AvgIpc) is 2.78. The van der Waals surface area contributed by atoms with Gasteiger partial charge >= 0.3 is 0 Å². The summed E-state index contributed by atoms with van der Waals surface area (Å²) in [7, 11) is 0. The fourth-order valence-corrected chi connectivity index (χ4v) is 3.55. The van der Waals surface area contributed by atoms with Gasteiger partial charge in [0, 0.05) is 46.9 Å². The Kier molecular flexibility index (Phi) is 4.16. The van der Waals surface area contributed by atoms with Crippen molar-refractivity contribution in [3.8, 4) is 0 Å². The third kappa shape index (κ3) is 5.16. The van der Waals surface area contributed by atoms with Crippen molar-refractivity contribution in [3.63, 3.8) is 0 Å². The van der Waals surface area contributed by atoms with Crippen LogP contribution in [-0.2, 0) is 11.2 Å². The predicted molar refractivity (Wildman–Crippen MR) is 108 cm³/mol. The number of benzene rings is 2. The van der Waals surface area contributed by atoms with Gasteiger partial charge in [-0.25, -0.2) is 4.39 Å². The van der Waals surface area contributed by atoms with Crippen LogP contribution < -0.4 is 4.90 Å². The van der Waals surface area contributed by atoms with E-state index in [0.29, 0.717) is 25.9 Å². The Bertz CT molecular complexity index is 942. The Hall–Kier alpha value is -2.20. The van der Waals surface area contributed by atoms with Gasteiger partial charge in [-0.15, -0.1) is 0 Å². The van der Waals surface area contributed by atoms with Crippen LogP contribution in [-0.4, -0.2) is 36.5 Å². The Balaban J connectivity index is 1.83. The second-order valence-electron chi connectivity index (χ2n) is 6.83. The van der Waals surface area contributed by atoms with E-state index in [4.69, 9.17) is 9.60 Å². The molecule has 0 unspecified atom stereocenters. The average molecular weight is 376 g/mol. The van der Waals surface area contributed by atoms with Crippen LogP contribution in [0.25, 0.3) is 0 Å². The second-order valence-corrected chi connectivity index (χ2v) is 6.83. The largest absolute Gasteiger partial charge is 0.309 e. The highest BCUT2D eigenvalue weighted by molar-refractivity contribution is 5.95. The molecule has 0 radical (unpaired) electrons. The molecule has 0 saturated carbocycles. The number of amides is 1. The molecule has 2 aromatic carbocycles. The molecule has 0 N–H and O–H groups in total. The lowest BCUT2D eigenvalue weighted by molar-refractivity contribution is -0.122. The zero-order chi connectivity index (χ0) is 25.1. The van der Waals surface area contributed by atoms with Gasteiger partial charge in [-0.1, -0.05) is 44.0 Å². The van der Waals surface area contributed by atoms with Crippen molar-refractivity contribution in [3.05, 3.63) is 66.0 Å². The fourth-order valence-electron chi connectivity index (χ4n) is 3.55. The number of likely N-dealkylation sites (tertiary alicyclic amines) is 1. The number of hydrogen-bond acceptors (Lipinski definition) is 2. The minimum Gasteiger partial charge on any atom is -0.309 e. The smallest absolute Gasteiger partial charge is 0.229 e. The van der Waals surface area contributed by atoms with Gasteiger partial charge in [0.25, 0.3) is 0 Å². The maximum absolute atomic E-state index is 13.6. The molecule has 27 heavy (non-hydrogen) atoms. The Morgan fingerprint density at radius 2 is 1.85 bits per heavy atom. The van der Waals surface area contributed by atoms with E-state index in [9.17, 15) is 9.18 Å². The zero-order valence-corrected chi connectivity index (χ0v) is 15.2. The minimum absolute atomic E-state index is 0.180. The van der Waals surface area contributed by atoms with Crippen molar-refractivity contribution < 1.29 is 18.8 Å². The number of hydrogen-bond donors (Lipinski definition) is 0. The van der Waals surface area contributed by atoms with Crippen LogP contribution in [0, 0.1) is 11.7 Å². The Labute approximate surface area is 171 Å². The van der Waals surface area contributed by atoms with E-state index in [1.54, 1.807) is 0 Å². The maximum Gasteiger partial charge on any atom is 0.229 e. The summed E-state index contributed by atoms with van der Waals surface area (Å²) in [4.78, 5) is 16.9. The van der Waals surface area contributed by atoms with Gasteiger partial charge in [0.1, 0.15) is 5.82 Å². The third-order valence-corrected chi connectivity index (χ3v) is 5.02. The molecule has 1 amide bonds. The molecule has 1 fully saturated rings. The molecule has 3 nitrogen and oxygen atoms in total. The molecule has 1 aliphatic heterocycles. The summed E-state index contributed by atoms with van der Waals surface area (Å²) in [6.07, 6.45) is 1.80. The van der Waals surface area contributed by atoms with Crippen LogP contribution in [0.3, 0.4) is 0 Å². The maximum atomic E-state index is 13.6. The molecule has 1 heterocycles. The first-order valence-corrected chi connectivity index (χ1v) is 9.20. The SMILES string of the molecule is [2H]C([2H])([2H])C([2H])(C(=O)N(c1ccc(F)cc1)C1CCN(CCc2ccccc2)CC1)C([2H])([2H])[2H]. The molecular formula is C23H29FN2O. The zero-order valence-electron chi connectivity index (χ0n) is 22.2. The number of carbonyl (C=O) groups is 1.